The van der Waals surface area contributed by atoms with Gasteiger partial charge in [0.15, 0.2) is 0 Å². The molecule has 0 unspecified atom stereocenters. The quantitative estimate of drug-likeness (QED) is 0.768. The van der Waals surface area contributed by atoms with Crippen molar-refractivity contribution in [2.45, 2.75) is 38.3 Å². The van der Waals surface area contributed by atoms with E-state index in [1.807, 2.05) is 7.05 Å². The summed E-state index contributed by atoms with van der Waals surface area (Å²) in [6, 6.07) is -0.355. The van der Waals surface area contributed by atoms with Crippen molar-refractivity contribution in [3.05, 3.63) is 34.7 Å². The van der Waals surface area contributed by atoms with E-state index in [-0.39, 0.29) is 11.9 Å². The number of hydrogen-bond donors (Lipinski definition) is 3. The van der Waals surface area contributed by atoms with Gasteiger partial charge in [-0.15, -0.1) is 0 Å². The first-order chi connectivity index (χ1) is 10.7. The maximum atomic E-state index is 12.8. The third-order valence-electron chi connectivity index (χ3n) is 4.65. The van der Waals surface area contributed by atoms with Crippen LogP contribution in [0.15, 0.2) is 6.33 Å². The van der Waals surface area contributed by atoms with Gasteiger partial charge in [0.2, 0.25) is 5.91 Å². The second kappa shape index (κ2) is 5.24. The molecule has 0 saturated heterocycles. The molecule has 2 aromatic rings. The molecule has 0 spiro atoms. The zero-order valence-corrected chi connectivity index (χ0v) is 12.6. The molecule has 1 aliphatic carbocycles. The molecule has 1 atom stereocenters. The number of carbonyl (C=O) groups excluding carboxylic acids is 1. The highest BCUT2D eigenvalue weighted by Gasteiger charge is 2.31. The summed E-state index contributed by atoms with van der Waals surface area (Å²) in [5.41, 5.74) is 5.43. The van der Waals surface area contributed by atoms with E-state index in [0.717, 1.165) is 42.9 Å². The normalized spacial score (nSPS) is 19.8. The van der Waals surface area contributed by atoms with Crippen LogP contribution in [0.3, 0.4) is 0 Å². The first kappa shape index (κ1) is 13.5. The third-order valence-corrected chi connectivity index (χ3v) is 4.65. The number of aryl methyl sites for hydroxylation is 1. The van der Waals surface area contributed by atoms with Crippen molar-refractivity contribution in [3.8, 4) is 0 Å². The number of aromatic nitrogens is 4. The molecule has 0 radical (unpaired) electrons. The van der Waals surface area contributed by atoms with Gasteiger partial charge in [-0.2, -0.15) is 5.10 Å². The molecule has 0 aromatic carbocycles. The van der Waals surface area contributed by atoms with Gasteiger partial charge in [0.05, 0.1) is 24.3 Å². The van der Waals surface area contributed by atoms with Crippen molar-refractivity contribution in [2.24, 2.45) is 0 Å². The summed E-state index contributed by atoms with van der Waals surface area (Å²) in [4.78, 5) is 21.9. The minimum Gasteiger partial charge on any atom is -0.348 e. The minimum absolute atomic E-state index is 0.0443. The van der Waals surface area contributed by atoms with Crippen LogP contribution in [-0.2, 0) is 30.6 Å². The lowest BCUT2D eigenvalue weighted by molar-refractivity contribution is -0.133. The van der Waals surface area contributed by atoms with Gasteiger partial charge in [-0.3, -0.25) is 9.89 Å². The molecule has 1 aliphatic heterocycles. The largest absolute Gasteiger partial charge is 0.348 e. The van der Waals surface area contributed by atoms with Gasteiger partial charge in [-0.25, -0.2) is 4.98 Å². The summed E-state index contributed by atoms with van der Waals surface area (Å²) < 4.78 is 0. The van der Waals surface area contributed by atoms with E-state index >= 15 is 0 Å². The Morgan fingerprint density at radius 1 is 1.36 bits per heavy atom. The summed E-state index contributed by atoms with van der Waals surface area (Å²) in [7, 11) is 1.83. The fourth-order valence-electron chi connectivity index (χ4n) is 3.46. The SMILES string of the molecule is CN(Cc1n[nH]c2c1CCC2)C(=O)[C@@H]1NCCc2[nH]cnc21. The van der Waals surface area contributed by atoms with Crippen LogP contribution in [0, 0.1) is 0 Å². The van der Waals surface area contributed by atoms with Crippen molar-refractivity contribution in [2.75, 3.05) is 13.6 Å². The lowest BCUT2D eigenvalue weighted by Gasteiger charge is -2.26. The van der Waals surface area contributed by atoms with E-state index in [4.69, 9.17) is 0 Å². The predicted molar refractivity (Wildman–Crippen MR) is 80.1 cm³/mol. The van der Waals surface area contributed by atoms with Gasteiger partial charge < -0.3 is 15.2 Å². The number of nitrogens with one attached hydrogen (secondary N) is 3. The van der Waals surface area contributed by atoms with E-state index in [9.17, 15) is 4.79 Å². The molecule has 3 N–H and O–H groups in total. The molecule has 0 fully saturated rings. The lowest BCUT2D eigenvalue weighted by Crippen LogP contribution is -2.42. The molecule has 2 aliphatic rings. The monoisotopic (exact) mass is 300 g/mol. The molecule has 3 heterocycles. The Kier molecular flexibility index (Phi) is 3.22. The number of nitrogens with zero attached hydrogens (tertiary/aromatic N) is 3. The van der Waals surface area contributed by atoms with Crippen LogP contribution in [-0.4, -0.2) is 44.6 Å². The number of hydrogen-bond acceptors (Lipinski definition) is 4. The molecule has 7 heteroatoms. The summed E-state index contributed by atoms with van der Waals surface area (Å²) in [5, 5.41) is 10.8. The zero-order chi connectivity index (χ0) is 15.1. The summed E-state index contributed by atoms with van der Waals surface area (Å²) in [5.74, 6) is 0.0443. The highest BCUT2D eigenvalue weighted by Crippen LogP contribution is 2.25. The van der Waals surface area contributed by atoms with Crippen LogP contribution >= 0.6 is 0 Å². The van der Waals surface area contributed by atoms with Gasteiger partial charge >= 0.3 is 0 Å². The maximum absolute atomic E-state index is 12.8. The first-order valence-electron chi connectivity index (χ1n) is 7.79. The number of aromatic amines is 2. The molecule has 0 bridgehead atoms. The number of fused-ring (bicyclic) bond motifs is 2. The van der Waals surface area contributed by atoms with Crippen LogP contribution < -0.4 is 5.32 Å². The molecule has 116 valence electrons. The molecule has 4 rings (SSSR count). The Morgan fingerprint density at radius 3 is 3.18 bits per heavy atom. The summed E-state index contributed by atoms with van der Waals surface area (Å²) >= 11 is 0. The molecule has 1 amide bonds. The van der Waals surface area contributed by atoms with Crippen LogP contribution in [0.4, 0.5) is 0 Å². The van der Waals surface area contributed by atoms with Crippen LogP contribution in [0.1, 0.15) is 40.8 Å². The van der Waals surface area contributed by atoms with Crippen molar-refractivity contribution in [1.29, 1.82) is 0 Å². The van der Waals surface area contributed by atoms with Crippen LogP contribution in [0.2, 0.25) is 0 Å². The fourth-order valence-corrected chi connectivity index (χ4v) is 3.46. The van der Waals surface area contributed by atoms with E-state index in [0.29, 0.717) is 6.54 Å². The van der Waals surface area contributed by atoms with E-state index in [2.05, 4.69) is 25.5 Å². The molecular formula is C15H20N6O. The van der Waals surface area contributed by atoms with E-state index < -0.39 is 0 Å². The van der Waals surface area contributed by atoms with Crippen molar-refractivity contribution >= 4 is 5.91 Å². The number of H-pyrrole nitrogens is 2. The molecular weight excluding hydrogens is 280 g/mol. The average molecular weight is 300 g/mol. The Hall–Kier alpha value is -2.15. The molecule has 7 nitrogen and oxygen atoms in total. The summed E-state index contributed by atoms with van der Waals surface area (Å²) in [6.45, 7) is 1.33. The number of likely N-dealkylation sites (N-methyl/N-ethyl adjacent to an activating group) is 1. The Morgan fingerprint density at radius 2 is 2.27 bits per heavy atom. The highest BCUT2D eigenvalue weighted by molar-refractivity contribution is 5.83. The lowest BCUT2D eigenvalue weighted by atomic mass is 10.0. The van der Waals surface area contributed by atoms with Gasteiger partial charge in [0.1, 0.15) is 6.04 Å². The van der Waals surface area contributed by atoms with Crippen LogP contribution in [0.5, 0.6) is 0 Å². The van der Waals surface area contributed by atoms with Gasteiger partial charge in [0, 0.05) is 31.4 Å². The Bertz CT molecular complexity index is 703. The standard InChI is InChI=1S/C15H20N6O/c1-21(7-12-9-3-2-4-10(9)19-20-12)15(22)14-13-11(5-6-16-14)17-8-18-13/h8,14,16H,2-7H2,1H3,(H,17,18)(H,19,20)/t14-/m1/s1. The Labute approximate surface area is 128 Å². The molecule has 0 saturated carbocycles. The minimum atomic E-state index is -0.355. The zero-order valence-electron chi connectivity index (χ0n) is 12.6. The third kappa shape index (κ3) is 2.12. The first-order valence-corrected chi connectivity index (χ1v) is 7.79. The fraction of sp³-hybridized carbons (Fsp3) is 0.533. The predicted octanol–water partition coefficient (Wildman–Crippen LogP) is 0.467. The topological polar surface area (TPSA) is 89.7 Å². The number of rotatable bonds is 3. The van der Waals surface area contributed by atoms with Crippen LogP contribution in [0.25, 0.3) is 0 Å². The molecule has 2 aromatic heterocycles. The summed E-state index contributed by atoms with van der Waals surface area (Å²) in [6.07, 6.45) is 5.86. The van der Waals surface area contributed by atoms with Gasteiger partial charge in [-0.05, 0) is 24.8 Å². The number of carbonyl (C=O) groups is 1. The number of amides is 1. The van der Waals surface area contributed by atoms with Crippen molar-refractivity contribution in [3.63, 3.8) is 0 Å². The number of imidazole rings is 1. The van der Waals surface area contributed by atoms with Gasteiger partial charge in [-0.1, -0.05) is 0 Å². The van der Waals surface area contributed by atoms with Crippen molar-refractivity contribution in [1.82, 2.24) is 30.4 Å². The highest BCUT2D eigenvalue weighted by atomic mass is 16.2. The maximum Gasteiger partial charge on any atom is 0.246 e. The van der Waals surface area contributed by atoms with Gasteiger partial charge in [0.25, 0.3) is 0 Å². The second-order valence-electron chi connectivity index (χ2n) is 6.08. The average Bonchev–Trinajstić information content (AvgIpc) is 3.23. The van der Waals surface area contributed by atoms with Crippen molar-refractivity contribution < 1.29 is 4.79 Å². The second-order valence-corrected chi connectivity index (χ2v) is 6.08. The van der Waals surface area contributed by atoms with E-state index in [1.54, 1.807) is 11.2 Å². The smallest absolute Gasteiger partial charge is 0.246 e. The van der Waals surface area contributed by atoms with E-state index in [1.165, 1.54) is 17.7 Å². The molecule has 22 heavy (non-hydrogen) atoms. The Balaban J connectivity index is 1.51.